The highest BCUT2D eigenvalue weighted by Gasteiger charge is 2.14. The van der Waals surface area contributed by atoms with Gasteiger partial charge < -0.3 is 11.1 Å². The minimum Gasteiger partial charge on any atom is -0.399 e. The second-order valence-corrected chi connectivity index (χ2v) is 5.50. The summed E-state index contributed by atoms with van der Waals surface area (Å²) in [5, 5.41) is 3.18. The predicted molar refractivity (Wildman–Crippen MR) is 78.8 cm³/mol. The van der Waals surface area contributed by atoms with E-state index in [2.05, 4.69) is 5.32 Å². The first-order chi connectivity index (χ1) is 9.24. The van der Waals surface area contributed by atoms with Gasteiger partial charge in [0.05, 0.1) is 0 Å². The van der Waals surface area contributed by atoms with Crippen molar-refractivity contribution in [3.8, 4) is 0 Å². The minimum absolute atomic E-state index is 0.184. The molecule has 0 heterocycles. The van der Waals surface area contributed by atoms with Crippen LogP contribution in [0.1, 0.15) is 50.5 Å². The summed E-state index contributed by atoms with van der Waals surface area (Å²) in [7, 11) is 0. The Kier molecular flexibility index (Phi) is 5.25. The number of amides is 1. The van der Waals surface area contributed by atoms with Gasteiger partial charge in [0.15, 0.2) is 0 Å². The van der Waals surface area contributed by atoms with E-state index < -0.39 is 0 Å². The van der Waals surface area contributed by atoms with Gasteiger partial charge in [-0.05, 0) is 37.0 Å². The standard InChI is InChI=1S/C16H24N2O/c17-14-10-7-13(8-11-14)9-12-16(19)18-15-5-3-1-2-4-6-15/h7-8,10-11,15H,1-6,9,12,17H2,(H,18,19). The van der Waals surface area contributed by atoms with Gasteiger partial charge in [-0.25, -0.2) is 0 Å². The Hall–Kier alpha value is -1.51. The quantitative estimate of drug-likeness (QED) is 0.646. The molecule has 19 heavy (non-hydrogen) atoms. The molecule has 1 aromatic rings. The molecule has 0 spiro atoms. The zero-order valence-electron chi connectivity index (χ0n) is 11.5. The Balaban J connectivity index is 1.73. The molecule has 0 saturated heterocycles. The van der Waals surface area contributed by atoms with Crippen molar-refractivity contribution in [2.45, 2.75) is 57.4 Å². The van der Waals surface area contributed by atoms with Crippen LogP contribution in [0.3, 0.4) is 0 Å². The normalized spacial score (nSPS) is 16.8. The lowest BCUT2D eigenvalue weighted by Gasteiger charge is -2.16. The van der Waals surface area contributed by atoms with E-state index in [0.717, 1.165) is 24.9 Å². The van der Waals surface area contributed by atoms with Crippen LogP contribution in [0.5, 0.6) is 0 Å². The van der Waals surface area contributed by atoms with Gasteiger partial charge in [0.25, 0.3) is 0 Å². The summed E-state index contributed by atoms with van der Waals surface area (Å²) in [6, 6.07) is 8.17. The van der Waals surface area contributed by atoms with Crippen LogP contribution in [0.2, 0.25) is 0 Å². The summed E-state index contributed by atoms with van der Waals surface area (Å²) < 4.78 is 0. The number of nitrogens with two attached hydrogens (primary N) is 1. The highest BCUT2D eigenvalue weighted by atomic mass is 16.1. The molecule has 0 unspecified atom stereocenters. The Morgan fingerprint density at radius 1 is 1.11 bits per heavy atom. The fourth-order valence-electron chi connectivity index (χ4n) is 2.67. The minimum atomic E-state index is 0.184. The topological polar surface area (TPSA) is 55.1 Å². The van der Waals surface area contributed by atoms with Gasteiger partial charge >= 0.3 is 0 Å². The van der Waals surface area contributed by atoms with Gasteiger partial charge in [-0.15, -0.1) is 0 Å². The van der Waals surface area contributed by atoms with Crippen molar-refractivity contribution in [3.63, 3.8) is 0 Å². The number of nitrogen functional groups attached to an aromatic ring is 1. The molecule has 3 heteroatoms. The molecule has 1 amide bonds. The summed E-state index contributed by atoms with van der Waals surface area (Å²) in [6.07, 6.45) is 8.79. The lowest BCUT2D eigenvalue weighted by Crippen LogP contribution is -2.34. The summed E-state index contributed by atoms with van der Waals surface area (Å²) >= 11 is 0. The average molecular weight is 260 g/mol. The Morgan fingerprint density at radius 3 is 2.37 bits per heavy atom. The first kappa shape index (κ1) is 13.9. The molecular formula is C16H24N2O. The van der Waals surface area contributed by atoms with Gasteiger partial charge in [-0.3, -0.25) is 4.79 Å². The monoisotopic (exact) mass is 260 g/mol. The lowest BCUT2D eigenvalue weighted by molar-refractivity contribution is -0.121. The largest absolute Gasteiger partial charge is 0.399 e. The lowest BCUT2D eigenvalue weighted by atomic mass is 10.1. The first-order valence-corrected chi connectivity index (χ1v) is 7.38. The fourth-order valence-corrected chi connectivity index (χ4v) is 2.67. The van der Waals surface area contributed by atoms with Gasteiger partial charge in [-0.2, -0.15) is 0 Å². The molecule has 0 bridgehead atoms. The van der Waals surface area contributed by atoms with Crippen molar-refractivity contribution in [1.82, 2.24) is 5.32 Å². The summed E-state index contributed by atoms with van der Waals surface area (Å²) in [6.45, 7) is 0. The highest BCUT2D eigenvalue weighted by Crippen LogP contribution is 2.17. The van der Waals surface area contributed by atoms with E-state index in [1.807, 2.05) is 24.3 Å². The van der Waals surface area contributed by atoms with E-state index in [1.54, 1.807) is 0 Å². The molecule has 0 aliphatic heterocycles. The van der Waals surface area contributed by atoms with Crippen molar-refractivity contribution in [2.24, 2.45) is 0 Å². The zero-order valence-corrected chi connectivity index (χ0v) is 11.5. The van der Waals surface area contributed by atoms with Crippen LogP contribution < -0.4 is 11.1 Å². The second-order valence-electron chi connectivity index (χ2n) is 5.50. The molecule has 1 saturated carbocycles. The molecular weight excluding hydrogens is 236 g/mol. The van der Waals surface area contributed by atoms with Crippen molar-refractivity contribution in [1.29, 1.82) is 0 Å². The Morgan fingerprint density at radius 2 is 1.74 bits per heavy atom. The van der Waals surface area contributed by atoms with E-state index in [4.69, 9.17) is 5.73 Å². The maximum atomic E-state index is 11.9. The molecule has 104 valence electrons. The number of carbonyl (C=O) groups excluding carboxylic acids is 1. The van der Waals surface area contributed by atoms with Crippen LogP contribution in [0.15, 0.2) is 24.3 Å². The number of rotatable bonds is 4. The molecule has 0 radical (unpaired) electrons. The van der Waals surface area contributed by atoms with E-state index in [9.17, 15) is 4.79 Å². The van der Waals surface area contributed by atoms with Crippen molar-refractivity contribution < 1.29 is 4.79 Å². The van der Waals surface area contributed by atoms with Gasteiger partial charge in [0, 0.05) is 18.2 Å². The molecule has 0 atom stereocenters. The zero-order chi connectivity index (χ0) is 13.5. The van der Waals surface area contributed by atoms with E-state index in [1.165, 1.54) is 31.2 Å². The number of hydrogen-bond acceptors (Lipinski definition) is 2. The molecule has 1 aliphatic rings. The van der Waals surface area contributed by atoms with Crippen LogP contribution in [0, 0.1) is 0 Å². The van der Waals surface area contributed by atoms with Crippen molar-refractivity contribution in [2.75, 3.05) is 5.73 Å². The maximum absolute atomic E-state index is 11.9. The predicted octanol–water partition coefficient (Wildman–Crippen LogP) is 3.04. The first-order valence-electron chi connectivity index (χ1n) is 7.38. The number of hydrogen-bond donors (Lipinski definition) is 2. The molecule has 2 rings (SSSR count). The van der Waals surface area contributed by atoms with Gasteiger partial charge in [0.1, 0.15) is 0 Å². The van der Waals surface area contributed by atoms with Crippen LogP contribution in [-0.2, 0) is 11.2 Å². The van der Waals surface area contributed by atoms with Crippen molar-refractivity contribution >= 4 is 11.6 Å². The van der Waals surface area contributed by atoms with Gasteiger partial charge in [0.2, 0.25) is 5.91 Å². The highest BCUT2D eigenvalue weighted by molar-refractivity contribution is 5.76. The SMILES string of the molecule is Nc1ccc(CCC(=O)NC2CCCCCC2)cc1. The summed E-state index contributed by atoms with van der Waals surface area (Å²) in [5.74, 6) is 0.184. The van der Waals surface area contributed by atoms with Gasteiger partial charge in [-0.1, -0.05) is 37.8 Å². The molecule has 3 N–H and O–H groups in total. The van der Waals surface area contributed by atoms with Crippen LogP contribution in [-0.4, -0.2) is 11.9 Å². The third-order valence-corrected chi connectivity index (χ3v) is 3.84. The molecule has 3 nitrogen and oxygen atoms in total. The molecule has 1 aromatic carbocycles. The summed E-state index contributed by atoms with van der Waals surface area (Å²) in [5.41, 5.74) is 7.58. The van der Waals surface area contributed by atoms with Crippen LogP contribution in [0.4, 0.5) is 5.69 Å². The fraction of sp³-hybridized carbons (Fsp3) is 0.562. The Bertz CT molecular complexity index is 392. The second kappa shape index (κ2) is 7.17. The molecule has 1 aliphatic carbocycles. The van der Waals surface area contributed by atoms with E-state index >= 15 is 0 Å². The van der Waals surface area contributed by atoms with Crippen molar-refractivity contribution in [3.05, 3.63) is 29.8 Å². The number of nitrogens with one attached hydrogen (secondary N) is 1. The molecule has 0 aromatic heterocycles. The Labute approximate surface area is 115 Å². The van der Waals surface area contributed by atoms with E-state index in [0.29, 0.717) is 12.5 Å². The smallest absolute Gasteiger partial charge is 0.220 e. The summed E-state index contributed by atoms with van der Waals surface area (Å²) in [4.78, 5) is 11.9. The molecule has 1 fully saturated rings. The number of carbonyl (C=O) groups is 1. The third kappa shape index (κ3) is 4.93. The average Bonchev–Trinajstić information content (AvgIpc) is 2.67. The third-order valence-electron chi connectivity index (χ3n) is 3.84. The number of aryl methyl sites for hydroxylation is 1. The van der Waals surface area contributed by atoms with Crippen LogP contribution in [0.25, 0.3) is 0 Å². The van der Waals surface area contributed by atoms with Crippen LogP contribution >= 0.6 is 0 Å². The van der Waals surface area contributed by atoms with E-state index in [-0.39, 0.29) is 5.91 Å². The number of benzene rings is 1. The maximum Gasteiger partial charge on any atom is 0.220 e. The number of anilines is 1.